The largest absolute Gasteiger partial charge is 0.481 e. The van der Waals surface area contributed by atoms with Crippen LogP contribution in [0.4, 0.5) is 9.59 Å². The maximum atomic E-state index is 12.5. The zero-order chi connectivity index (χ0) is 38.4. The summed E-state index contributed by atoms with van der Waals surface area (Å²) in [7, 11) is 0. The first-order valence-electron chi connectivity index (χ1n) is 21.0. The average Bonchev–Trinajstić information content (AvgIpc) is 3.53. The Bertz CT molecular complexity index is 1170. The monoisotopic (exact) mass is 785 g/mol. The van der Waals surface area contributed by atoms with Crippen LogP contribution in [0.5, 0.6) is 0 Å². The van der Waals surface area contributed by atoms with E-state index in [0.717, 1.165) is 129 Å². The smallest absolute Gasteiger partial charge is 0.409 e. The Balaban J connectivity index is 0.000000251. The molecule has 54 heavy (non-hydrogen) atoms. The van der Waals surface area contributed by atoms with Gasteiger partial charge in [-0.2, -0.15) is 0 Å². The summed E-state index contributed by atoms with van der Waals surface area (Å²) >= 11 is 0. The van der Waals surface area contributed by atoms with Gasteiger partial charge in [0.1, 0.15) is 0 Å². The van der Waals surface area contributed by atoms with E-state index in [1.165, 1.54) is 25.7 Å². The highest BCUT2D eigenvalue weighted by molar-refractivity contribution is 5.85. The summed E-state index contributed by atoms with van der Waals surface area (Å²) in [5.74, 6) is -0.404. The lowest BCUT2D eigenvalue weighted by Gasteiger charge is -2.42. The average molecular weight is 786 g/mol. The first-order chi connectivity index (χ1) is 25.3. The Morgan fingerprint density at radius 3 is 1.37 bits per heavy atom. The normalized spacial score (nSPS) is 26.2. The zero-order valence-corrected chi connectivity index (χ0v) is 34.7. The molecule has 0 radical (unpaired) electrons. The number of piperidine rings is 2. The Morgan fingerprint density at radius 1 is 0.630 bits per heavy atom. The van der Waals surface area contributed by atoms with Gasteiger partial charge in [0.05, 0.1) is 19.1 Å². The van der Waals surface area contributed by atoms with Crippen molar-refractivity contribution in [2.45, 2.75) is 154 Å². The van der Waals surface area contributed by atoms with Gasteiger partial charge in [0.2, 0.25) is 5.91 Å². The molecule has 2 atom stereocenters. The number of likely N-dealkylation sites (tertiary alicyclic amines) is 4. The maximum Gasteiger partial charge on any atom is 0.409 e. The van der Waals surface area contributed by atoms with Gasteiger partial charge in [-0.3, -0.25) is 9.59 Å². The van der Waals surface area contributed by atoms with E-state index >= 15 is 0 Å². The molecule has 0 spiro atoms. The van der Waals surface area contributed by atoms with Crippen LogP contribution < -0.4 is 11.1 Å². The number of ether oxygens (including phenoxy) is 2. The quantitative estimate of drug-likeness (QED) is 0.285. The molecule has 6 fully saturated rings. The van der Waals surface area contributed by atoms with Crippen molar-refractivity contribution in [1.29, 1.82) is 0 Å². The van der Waals surface area contributed by atoms with E-state index in [-0.39, 0.29) is 53.4 Å². The number of carboxylic acids is 1. The molecule has 0 aromatic heterocycles. The minimum atomic E-state index is -0.663. The molecule has 0 aromatic rings. The van der Waals surface area contributed by atoms with E-state index in [0.29, 0.717) is 25.3 Å². The summed E-state index contributed by atoms with van der Waals surface area (Å²) in [6, 6.07) is 1.00. The minimum absolute atomic E-state index is 0. The lowest BCUT2D eigenvalue weighted by molar-refractivity contribution is -0.143. The second kappa shape index (κ2) is 22.4. The van der Waals surface area contributed by atoms with E-state index < -0.39 is 5.97 Å². The van der Waals surface area contributed by atoms with Crippen LogP contribution in [-0.4, -0.2) is 138 Å². The predicted molar refractivity (Wildman–Crippen MR) is 213 cm³/mol. The van der Waals surface area contributed by atoms with Gasteiger partial charge < -0.3 is 45.2 Å². The fourth-order valence-corrected chi connectivity index (χ4v) is 8.69. The van der Waals surface area contributed by atoms with Crippen LogP contribution in [0.2, 0.25) is 0 Å². The summed E-state index contributed by atoms with van der Waals surface area (Å²) in [6.45, 7) is 15.6. The number of carboxylic acid groups (broad SMARTS) is 1. The van der Waals surface area contributed by atoms with Crippen LogP contribution in [-0.2, 0) is 19.1 Å². The lowest BCUT2D eigenvalue weighted by Crippen LogP contribution is -2.54. The summed E-state index contributed by atoms with van der Waals surface area (Å²) < 4.78 is 10.2. The van der Waals surface area contributed by atoms with Gasteiger partial charge in [0, 0.05) is 55.3 Å². The molecule has 6 rings (SSSR count). The van der Waals surface area contributed by atoms with Crippen molar-refractivity contribution in [1.82, 2.24) is 24.9 Å². The summed E-state index contributed by atoms with van der Waals surface area (Å²) in [5, 5.41) is 12.3. The highest BCUT2D eigenvalue weighted by Crippen LogP contribution is 2.32. The summed E-state index contributed by atoms with van der Waals surface area (Å²) in [6.07, 6.45) is 16.5. The van der Waals surface area contributed by atoms with Gasteiger partial charge in [0.25, 0.3) is 0 Å². The van der Waals surface area contributed by atoms with Crippen molar-refractivity contribution in [3.8, 4) is 0 Å². The SMILES string of the molecule is CC1(N)CCC1.CCOC(=O)N1CCCC(N2CCC(C(=O)NC3(C)CCC3)CC2)CC1.CCOC(=O)N1CCCC(N2CCC(C(=O)O)CC2)CC1.Cl. The minimum Gasteiger partial charge on any atom is -0.481 e. The van der Waals surface area contributed by atoms with Gasteiger partial charge in [-0.25, -0.2) is 9.59 Å². The Hall–Kier alpha value is -2.35. The number of hydrogen-bond acceptors (Lipinski definition) is 9. The topological polar surface area (TPSA) is 158 Å². The Morgan fingerprint density at radius 2 is 1.04 bits per heavy atom. The van der Waals surface area contributed by atoms with Crippen LogP contribution in [0.3, 0.4) is 0 Å². The first kappa shape index (κ1) is 46.0. The molecule has 2 saturated carbocycles. The number of nitrogens with two attached hydrogens (primary N) is 1. The van der Waals surface area contributed by atoms with Crippen molar-refractivity contribution < 1.29 is 33.8 Å². The van der Waals surface area contributed by atoms with Crippen molar-refractivity contribution in [3.63, 3.8) is 0 Å². The molecular formula is C40H73ClN6O7. The summed E-state index contributed by atoms with van der Waals surface area (Å²) in [5.41, 5.74) is 5.91. The molecule has 4 heterocycles. The molecule has 4 N–H and O–H groups in total. The number of amides is 3. The molecule has 3 amide bonds. The van der Waals surface area contributed by atoms with Gasteiger partial charge in [-0.15, -0.1) is 12.4 Å². The van der Waals surface area contributed by atoms with Crippen LogP contribution in [0.25, 0.3) is 0 Å². The Labute approximate surface area is 331 Å². The van der Waals surface area contributed by atoms with Crippen LogP contribution in [0.15, 0.2) is 0 Å². The van der Waals surface area contributed by atoms with E-state index in [9.17, 15) is 19.2 Å². The number of rotatable bonds is 7. The third-order valence-corrected chi connectivity index (χ3v) is 12.6. The van der Waals surface area contributed by atoms with Gasteiger partial charge >= 0.3 is 18.2 Å². The number of hydrogen-bond donors (Lipinski definition) is 3. The molecule has 13 nitrogen and oxygen atoms in total. The molecule has 2 unspecified atom stereocenters. The molecule has 4 saturated heterocycles. The van der Waals surface area contributed by atoms with Crippen LogP contribution in [0.1, 0.15) is 130 Å². The molecule has 6 aliphatic rings. The fraction of sp³-hybridized carbons (Fsp3) is 0.900. The zero-order valence-electron chi connectivity index (χ0n) is 33.9. The van der Waals surface area contributed by atoms with Crippen LogP contribution >= 0.6 is 12.4 Å². The molecule has 14 heteroatoms. The number of carbonyl (C=O) groups is 4. The van der Waals surface area contributed by atoms with Crippen molar-refractivity contribution in [2.75, 3.05) is 65.6 Å². The van der Waals surface area contributed by atoms with Crippen LogP contribution in [0, 0.1) is 11.8 Å². The van der Waals surface area contributed by atoms with E-state index in [2.05, 4.69) is 29.0 Å². The fourth-order valence-electron chi connectivity index (χ4n) is 8.69. The second-order valence-electron chi connectivity index (χ2n) is 16.9. The van der Waals surface area contributed by atoms with E-state index in [1.807, 2.05) is 18.7 Å². The molecule has 0 aromatic carbocycles. The van der Waals surface area contributed by atoms with Crippen molar-refractivity contribution >= 4 is 36.5 Å². The van der Waals surface area contributed by atoms with E-state index in [1.54, 1.807) is 4.90 Å². The van der Waals surface area contributed by atoms with Gasteiger partial charge in [-0.05, 0) is 157 Å². The highest BCUT2D eigenvalue weighted by atomic mass is 35.5. The maximum absolute atomic E-state index is 12.5. The van der Waals surface area contributed by atoms with Gasteiger partial charge in [0.15, 0.2) is 0 Å². The molecule has 0 bridgehead atoms. The summed E-state index contributed by atoms with van der Waals surface area (Å²) in [4.78, 5) is 55.9. The Kier molecular flexibility index (Phi) is 19.1. The molecular weight excluding hydrogens is 712 g/mol. The number of carbonyl (C=O) groups excluding carboxylic acids is 3. The standard InChI is InChI=1S/C20H35N3O3.C15H26N2O4.C5H11N.ClH/c1-3-26-19(25)23-12-4-6-17(9-15-23)22-13-7-16(8-14-22)18(24)21-20(2)10-5-11-20;1-2-21-15(20)17-8-3-4-13(7-11-17)16-9-5-12(6-10-16)14(18)19;1-5(6)3-2-4-5;/h16-17H,3-15H2,1-2H3,(H,21,24);12-13H,2-11H2,1H3,(H,18,19);2-4,6H2,1H3;1H. The third kappa shape index (κ3) is 14.3. The highest BCUT2D eigenvalue weighted by Gasteiger charge is 2.37. The molecule has 4 aliphatic heterocycles. The third-order valence-electron chi connectivity index (χ3n) is 12.6. The molecule has 2 aliphatic carbocycles. The van der Waals surface area contributed by atoms with Crippen molar-refractivity contribution in [2.24, 2.45) is 17.6 Å². The lowest BCUT2D eigenvalue weighted by atomic mass is 9.78. The van der Waals surface area contributed by atoms with E-state index in [4.69, 9.17) is 20.3 Å². The van der Waals surface area contributed by atoms with Crippen molar-refractivity contribution in [3.05, 3.63) is 0 Å². The first-order valence-corrected chi connectivity index (χ1v) is 21.0. The number of nitrogens with zero attached hydrogens (tertiary/aromatic N) is 4. The number of aliphatic carboxylic acids is 1. The second-order valence-corrected chi connectivity index (χ2v) is 16.9. The van der Waals surface area contributed by atoms with Gasteiger partial charge in [-0.1, -0.05) is 0 Å². The number of halogens is 1. The number of nitrogens with one attached hydrogen (secondary N) is 1. The molecule has 312 valence electrons. The predicted octanol–water partition coefficient (Wildman–Crippen LogP) is 5.87.